The highest BCUT2D eigenvalue weighted by Crippen LogP contribution is 2.48. The summed E-state index contributed by atoms with van der Waals surface area (Å²) < 4.78 is 39.7. The summed E-state index contributed by atoms with van der Waals surface area (Å²) >= 11 is 0. The molecule has 3 unspecified atom stereocenters. The molecule has 2 heterocycles. The number of aryl methyl sites for hydroxylation is 2. The Balaban J connectivity index is 1.41. The summed E-state index contributed by atoms with van der Waals surface area (Å²) in [4.78, 5) is 11.4. The zero-order chi connectivity index (χ0) is 19.2. The van der Waals surface area contributed by atoms with E-state index in [-0.39, 0.29) is 12.3 Å². The molecule has 1 aromatic heterocycles. The van der Waals surface area contributed by atoms with Crippen LogP contribution in [0.25, 0.3) is 0 Å². The Kier molecular flexibility index (Phi) is 4.77. The number of hydrogen-bond acceptors (Lipinski definition) is 3. The van der Waals surface area contributed by atoms with Crippen molar-refractivity contribution < 1.29 is 13.2 Å². The van der Waals surface area contributed by atoms with Gasteiger partial charge < -0.3 is 4.90 Å². The van der Waals surface area contributed by atoms with Crippen molar-refractivity contribution in [1.82, 2.24) is 9.97 Å². The van der Waals surface area contributed by atoms with E-state index in [1.54, 1.807) is 12.2 Å². The smallest absolute Gasteiger partial charge is 0.340 e. The van der Waals surface area contributed by atoms with Crippen LogP contribution in [0.2, 0.25) is 0 Å². The lowest BCUT2D eigenvalue weighted by molar-refractivity contribution is -0.165. The highest BCUT2D eigenvalue weighted by Gasteiger charge is 2.46. The maximum Gasteiger partial charge on any atom is 0.395 e. The highest BCUT2D eigenvalue weighted by atomic mass is 19.4. The number of alkyl halides is 3. The summed E-state index contributed by atoms with van der Waals surface area (Å²) in [5, 5.41) is 0. The van der Waals surface area contributed by atoms with Gasteiger partial charge in [0.2, 0.25) is 5.95 Å². The van der Waals surface area contributed by atoms with Crippen LogP contribution in [0.15, 0.2) is 30.4 Å². The van der Waals surface area contributed by atoms with Gasteiger partial charge in [0.25, 0.3) is 0 Å². The fourth-order valence-corrected chi connectivity index (χ4v) is 5.16. The van der Waals surface area contributed by atoms with Gasteiger partial charge >= 0.3 is 6.18 Å². The van der Waals surface area contributed by atoms with Crippen LogP contribution < -0.4 is 4.90 Å². The third-order valence-corrected chi connectivity index (χ3v) is 6.41. The molecule has 3 nitrogen and oxygen atoms in total. The number of allylic oxidation sites excluding steroid dienone is 4. The Morgan fingerprint density at radius 1 is 0.889 bits per heavy atom. The third-order valence-electron chi connectivity index (χ3n) is 6.41. The summed E-state index contributed by atoms with van der Waals surface area (Å²) in [6.07, 6.45) is 4.73. The summed E-state index contributed by atoms with van der Waals surface area (Å²) in [6, 6.07) is 1.97. The largest absolute Gasteiger partial charge is 0.395 e. The van der Waals surface area contributed by atoms with Crippen molar-refractivity contribution in [2.75, 3.05) is 18.0 Å². The third kappa shape index (κ3) is 3.90. The van der Waals surface area contributed by atoms with Crippen LogP contribution >= 0.6 is 0 Å². The van der Waals surface area contributed by atoms with E-state index in [4.69, 9.17) is 0 Å². The zero-order valence-electron chi connectivity index (χ0n) is 15.8. The minimum Gasteiger partial charge on any atom is -0.340 e. The lowest BCUT2D eigenvalue weighted by Crippen LogP contribution is -2.27. The lowest BCUT2D eigenvalue weighted by Gasteiger charge is -2.26. The number of rotatable bonds is 2. The van der Waals surface area contributed by atoms with E-state index in [1.165, 1.54) is 6.08 Å². The number of nitrogens with zero attached hydrogens (tertiary/aromatic N) is 3. The average Bonchev–Trinajstić information content (AvgIpc) is 3.02. The topological polar surface area (TPSA) is 29.0 Å². The van der Waals surface area contributed by atoms with E-state index < -0.39 is 12.1 Å². The first-order chi connectivity index (χ1) is 12.8. The monoisotopic (exact) mass is 377 g/mol. The maximum atomic E-state index is 13.2. The molecule has 0 radical (unpaired) electrons. The minimum atomic E-state index is -4.15. The number of halogens is 3. The van der Waals surface area contributed by atoms with E-state index in [2.05, 4.69) is 14.9 Å². The van der Waals surface area contributed by atoms with Gasteiger partial charge in [0.05, 0.1) is 5.92 Å². The summed E-state index contributed by atoms with van der Waals surface area (Å²) in [5.74, 6) is 0.917. The van der Waals surface area contributed by atoms with Gasteiger partial charge in [-0.2, -0.15) is 13.2 Å². The van der Waals surface area contributed by atoms with Crippen LogP contribution in [-0.4, -0.2) is 29.2 Å². The molecular weight excluding hydrogens is 351 g/mol. The van der Waals surface area contributed by atoms with E-state index in [1.807, 2.05) is 26.0 Å². The SMILES string of the molecule is Cc1cc(C)nc(N2C[C@H]3CC(C4C=CC=CC(C(F)(F)F)C4)C[C@H]3C2)n1. The van der Waals surface area contributed by atoms with Crippen molar-refractivity contribution in [1.29, 1.82) is 0 Å². The fourth-order valence-electron chi connectivity index (χ4n) is 5.16. The van der Waals surface area contributed by atoms with Gasteiger partial charge in [-0.25, -0.2) is 9.97 Å². The van der Waals surface area contributed by atoms with E-state index in [0.717, 1.165) is 43.3 Å². The molecule has 4 rings (SSSR count). The molecule has 0 aromatic carbocycles. The Bertz CT molecular complexity index is 721. The van der Waals surface area contributed by atoms with Gasteiger partial charge in [-0.1, -0.05) is 24.3 Å². The van der Waals surface area contributed by atoms with Crippen LogP contribution in [-0.2, 0) is 0 Å². The number of fused-ring (bicyclic) bond motifs is 1. The first kappa shape index (κ1) is 18.5. The molecule has 5 atom stereocenters. The molecule has 0 spiro atoms. The lowest BCUT2D eigenvalue weighted by atomic mass is 9.83. The van der Waals surface area contributed by atoms with Crippen LogP contribution in [0, 0.1) is 43.4 Å². The molecular formula is C21H26F3N3. The maximum absolute atomic E-state index is 13.2. The minimum absolute atomic E-state index is 0.0168. The molecule has 0 N–H and O–H groups in total. The fraction of sp³-hybridized carbons (Fsp3) is 0.619. The molecule has 1 aromatic rings. The summed E-state index contributed by atoms with van der Waals surface area (Å²) in [6.45, 7) is 5.80. The molecule has 146 valence electrons. The van der Waals surface area contributed by atoms with Crippen molar-refractivity contribution in [3.8, 4) is 0 Å². The quantitative estimate of drug-likeness (QED) is 0.737. The Morgan fingerprint density at radius 3 is 2.07 bits per heavy atom. The van der Waals surface area contributed by atoms with Crippen molar-refractivity contribution >= 4 is 5.95 Å². The standard InChI is InChI=1S/C21H26F3N3/c1-13-7-14(2)26-20(25-13)27-11-17-8-16(9-18(17)12-27)15-5-3-4-6-19(10-15)21(22,23)24/h3-7,15-19H,8-12H2,1-2H3/t15?,16?,17-,18+,19?. The second kappa shape index (κ2) is 6.95. The molecule has 0 bridgehead atoms. The van der Waals surface area contributed by atoms with Gasteiger partial charge in [-0.15, -0.1) is 0 Å². The van der Waals surface area contributed by atoms with Crippen molar-refractivity contribution in [3.63, 3.8) is 0 Å². The molecule has 3 aliphatic rings. The predicted octanol–water partition coefficient (Wildman–Crippen LogP) is 4.87. The first-order valence-corrected chi connectivity index (χ1v) is 9.78. The average molecular weight is 377 g/mol. The highest BCUT2D eigenvalue weighted by molar-refractivity contribution is 5.35. The molecule has 6 heteroatoms. The Hall–Kier alpha value is -1.85. The second-order valence-corrected chi connectivity index (χ2v) is 8.42. The molecule has 1 saturated carbocycles. The van der Waals surface area contributed by atoms with Gasteiger partial charge in [0.15, 0.2) is 0 Å². The predicted molar refractivity (Wildman–Crippen MR) is 99.4 cm³/mol. The Morgan fingerprint density at radius 2 is 1.48 bits per heavy atom. The van der Waals surface area contributed by atoms with Gasteiger partial charge in [-0.3, -0.25) is 0 Å². The molecule has 2 aliphatic carbocycles. The molecule has 27 heavy (non-hydrogen) atoms. The zero-order valence-corrected chi connectivity index (χ0v) is 15.8. The van der Waals surface area contributed by atoms with Gasteiger partial charge in [0.1, 0.15) is 0 Å². The molecule has 1 aliphatic heterocycles. The molecule has 0 amide bonds. The van der Waals surface area contributed by atoms with Crippen LogP contribution in [0.3, 0.4) is 0 Å². The Labute approximate surface area is 158 Å². The van der Waals surface area contributed by atoms with Crippen molar-refractivity contribution in [2.45, 2.75) is 39.3 Å². The second-order valence-electron chi connectivity index (χ2n) is 8.42. The number of aromatic nitrogens is 2. The van der Waals surface area contributed by atoms with Crippen LogP contribution in [0.4, 0.5) is 19.1 Å². The van der Waals surface area contributed by atoms with Gasteiger partial charge in [0, 0.05) is 24.5 Å². The van der Waals surface area contributed by atoms with E-state index in [9.17, 15) is 13.2 Å². The normalized spacial score (nSPS) is 33.4. The van der Waals surface area contributed by atoms with E-state index >= 15 is 0 Å². The van der Waals surface area contributed by atoms with Crippen molar-refractivity contribution in [3.05, 3.63) is 41.8 Å². The number of anilines is 1. The van der Waals surface area contributed by atoms with Crippen LogP contribution in [0.5, 0.6) is 0 Å². The van der Waals surface area contributed by atoms with E-state index in [0.29, 0.717) is 17.8 Å². The number of hydrogen-bond donors (Lipinski definition) is 0. The van der Waals surface area contributed by atoms with Crippen molar-refractivity contribution in [2.24, 2.45) is 29.6 Å². The summed E-state index contributed by atoms with van der Waals surface area (Å²) in [5.41, 5.74) is 1.95. The first-order valence-electron chi connectivity index (χ1n) is 9.78. The molecule has 2 fully saturated rings. The summed E-state index contributed by atoms with van der Waals surface area (Å²) in [7, 11) is 0. The molecule has 1 saturated heterocycles. The van der Waals surface area contributed by atoms with Crippen LogP contribution in [0.1, 0.15) is 30.7 Å². The van der Waals surface area contributed by atoms with Gasteiger partial charge in [-0.05, 0) is 62.8 Å².